The first-order valence-electron chi connectivity index (χ1n) is 4.66. The summed E-state index contributed by atoms with van der Waals surface area (Å²) in [5, 5.41) is 13.8. The van der Waals surface area contributed by atoms with Crippen molar-refractivity contribution >= 4 is 0 Å². The fourth-order valence-electron chi connectivity index (χ4n) is 1.56. The maximum Gasteiger partial charge on any atom is 0.160 e. The van der Waals surface area contributed by atoms with Crippen molar-refractivity contribution in [2.45, 2.75) is 18.8 Å². The summed E-state index contributed by atoms with van der Waals surface area (Å²) < 4.78 is 12.2. The number of ether oxygens (including phenoxy) is 2. The summed E-state index contributed by atoms with van der Waals surface area (Å²) >= 11 is 0. The maximum atomic E-state index is 9.83. The Hall–Kier alpha value is -0.910. The summed E-state index contributed by atoms with van der Waals surface area (Å²) in [6.07, 6.45) is 1.26. The second-order valence-corrected chi connectivity index (χ2v) is 3.30. The predicted octanol–water partition coefficient (Wildman–Crippen LogP) is 0.216. The summed E-state index contributed by atoms with van der Waals surface area (Å²) in [6.45, 7) is 1.23. The van der Waals surface area contributed by atoms with E-state index in [1.165, 1.54) is 0 Å². The lowest BCUT2D eigenvalue weighted by Gasteiger charge is -2.14. The van der Waals surface area contributed by atoms with Crippen molar-refractivity contribution in [3.8, 4) is 0 Å². The third-order valence-electron chi connectivity index (χ3n) is 2.31. The Morgan fingerprint density at radius 1 is 1.64 bits per heavy atom. The molecule has 14 heavy (non-hydrogen) atoms. The van der Waals surface area contributed by atoms with Gasteiger partial charge in [-0.1, -0.05) is 0 Å². The smallest absolute Gasteiger partial charge is 0.160 e. The number of rotatable bonds is 3. The minimum atomic E-state index is -0.578. The van der Waals surface area contributed by atoms with Crippen molar-refractivity contribution in [2.24, 2.45) is 7.05 Å². The maximum absolute atomic E-state index is 9.83. The molecular weight excluding hydrogens is 184 g/mol. The van der Waals surface area contributed by atoms with E-state index in [0.29, 0.717) is 19.6 Å². The zero-order chi connectivity index (χ0) is 9.97. The highest BCUT2D eigenvalue weighted by Gasteiger charge is 2.22. The molecule has 5 nitrogen and oxygen atoms in total. The minimum Gasteiger partial charge on any atom is -0.387 e. The van der Waals surface area contributed by atoms with Crippen LogP contribution in [0.4, 0.5) is 0 Å². The van der Waals surface area contributed by atoms with Crippen LogP contribution in [-0.2, 0) is 16.5 Å². The topological polar surface area (TPSA) is 56.5 Å². The van der Waals surface area contributed by atoms with Gasteiger partial charge in [-0.3, -0.25) is 4.68 Å². The predicted molar refractivity (Wildman–Crippen MR) is 48.5 cm³/mol. The summed E-state index contributed by atoms with van der Waals surface area (Å²) in [5.41, 5.74) is 0.782. The van der Waals surface area contributed by atoms with Crippen LogP contribution in [-0.4, -0.2) is 34.4 Å². The van der Waals surface area contributed by atoms with E-state index in [4.69, 9.17) is 9.47 Å². The summed E-state index contributed by atoms with van der Waals surface area (Å²) in [6, 6.07) is 1.79. The van der Waals surface area contributed by atoms with E-state index in [1.54, 1.807) is 24.0 Å². The monoisotopic (exact) mass is 198 g/mol. The second kappa shape index (κ2) is 4.08. The van der Waals surface area contributed by atoms with Crippen LogP contribution >= 0.6 is 0 Å². The Morgan fingerprint density at radius 3 is 2.93 bits per heavy atom. The third-order valence-corrected chi connectivity index (χ3v) is 2.31. The molecule has 1 unspecified atom stereocenters. The third kappa shape index (κ3) is 1.95. The largest absolute Gasteiger partial charge is 0.387 e. The molecule has 0 amide bonds. The number of nitrogens with zero attached hydrogens (tertiary/aromatic N) is 2. The van der Waals surface area contributed by atoms with Gasteiger partial charge in [0, 0.05) is 19.7 Å². The fourth-order valence-corrected chi connectivity index (χ4v) is 1.56. The van der Waals surface area contributed by atoms with Crippen LogP contribution in [0.15, 0.2) is 12.3 Å². The molecule has 2 rings (SSSR count). The molecule has 0 saturated carbocycles. The molecule has 78 valence electrons. The van der Waals surface area contributed by atoms with E-state index < -0.39 is 6.10 Å². The molecule has 1 saturated heterocycles. The van der Waals surface area contributed by atoms with Gasteiger partial charge in [-0.05, 0) is 6.07 Å². The van der Waals surface area contributed by atoms with Crippen molar-refractivity contribution in [1.82, 2.24) is 9.78 Å². The van der Waals surface area contributed by atoms with Crippen molar-refractivity contribution in [1.29, 1.82) is 0 Å². The number of aromatic nitrogens is 2. The van der Waals surface area contributed by atoms with E-state index in [0.717, 1.165) is 5.69 Å². The van der Waals surface area contributed by atoms with E-state index >= 15 is 0 Å². The van der Waals surface area contributed by atoms with Gasteiger partial charge in [0.2, 0.25) is 0 Å². The molecule has 0 aromatic carbocycles. The molecule has 1 atom stereocenters. The summed E-state index contributed by atoms with van der Waals surface area (Å²) in [4.78, 5) is 0. The van der Waals surface area contributed by atoms with Crippen LogP contribution in [0.2, 0.25) is 0 Å². The molecule has 1 aliphatic heterocycles. The average molecular weight is 198 g/mol. The number of hydrogen-bond acceptors (Lipinski definition) is 4. The molecular formula is C9H14N2O3. The fraction of sp³-hybridized carbons (Fsp3) is 0.667. The van der Waals surface area contributed by atoms with Crippen molar-refractivity contribution in [3.05, 3.63) is 18.0 Å². The molecule has 1 N–H and O–H groups in total. The Bertz CT molecular complexity index is 294. The Balaban J connectivity index is 1.95. The standard InChI is InChI=1S/C9H14N2O3/c1-11-7(2-3-10-11)8(12)6-9-13-4-5-14-9/h2-3,8-9,12H,4-6H2,1H3. The highest BCUT2D eigenvalue weighted by atomic mass is 16.7. The van der Waals surface area contributed by atoms with Gasteiger partial charge in [0.05, 0.1) is 18.9 Å². The lowest BCUT2D eigenvalue weighted by molar-refractivity contribution is -0.0718. The van der Waals surface area contributed by atoms with Crippen LogP contribution < -0.4 is 0 Å². The molecule has 0 bridgehead atoms. The minimum absolute atomic E-state index is 0.278. The molecule has 1 aromatic heterocycles. The van der Waals surface area contributed by atoms with Gasteiger partial charge >= 0.3 is 0 Å². The van der Waals surface area contributed by atoms with Gasteiger partial charge in [0.15, 0.2) is 6.29 Å². The first-order valence-corrected chi connectivity index (χ1v) is 4.66. The molecule has 0 spiro atoms. The van der Waals surface area contributed by atoms with E-state index in [1.807, 2.05) is 0 Å². The van der Waals surface area contributed by atoms with Gasteiger partial charge < -0.3 is 14.6 Å². The van der Waals surface area contributed by atoms with Crippen LogP contribution in [0, 0.1) is 0 Å². The van der Waals surface area contributed by atoms with Crippen LogP contribution in [0.1, 0.15) is 18.2 Å². The Morgan fingerprint density at radius 2 is 2.36 bits per heavy atom. The second-order valence-electron chi connectivity index (χ2n) is 3.30. The molecule has 1 aliphatic rings. The van der Waals surface area contributed by atoms with Crippen LogP contribution in [0.25, 0.3) is 0 Å². The van der Waals surface area contributed by atoms with Gasteiger partial charge in [0.1, 0.15) is 6.10 Å². The number of aliphatic hydroxyl groups excluding tert-OH is 1. The number of aliphatic hydroxyl groups is 1. The highest BCUT2D eigenvalue weighted by Crippen LogP contribution is 2.21. The van der Waals surface area contributed by atoms with Crippen LogP contribution in [0.5, 0.6) is 0 Å². The van der Waals surface area contributed by atoms with E-state index in [2.05, 4.69) is 5.10 Å². The lowest BCUT2D eigenvalue weighted by atomic mass is 10.2. The lowest BCUT2D eigenvalue weighted by Crippen LogP contribution is -2.15. The zero-order valence-corrected chi connectivity index (χ0v) is 8.09. The molecule has 0 radical (unpaired) electrons. The number of hydrogen-bond donors (Lipinski definition) is 1. The van der Waals surface area contributed by atoms with E-state index in [-0.39, 0.29) is 6.29 Å². The Kier molecular flexibility index (Phi) is 2.81. The van der Waals surface area contributed by atoms with E-state index in [9.17, 15) is 5.11 Å². The van der Waals surface area contributed by atoms with Gasteiger partial charge in [0.25, 0.3) is 0 Å². The molecule has 2 heterocycles. The van der Waals surface area contributed by atoms with Crippen molar-refractivity contribution < 1.29 is 14.6 Å². The summed E-state index contributed by atoms with van der Waals surface area (Å²) in [7, 11) is 1.80. The number of aryl methyl sites for hydroxylation is 1. The van der Waals surface area contributed by atoms with Gasteiger partial charge in [-0.15, -0.1) is 0 Å². The molecule has 0 aliphatic carbocycles. The first-order chi connectivity index (χ1) is 6.77. The molecule has 1 aromatic rings. The quantitative estimate of drug-likeness (QED) is 0.754. The Labute approximate surface area is 82.2 Å². The zero-order valence-electron chi connectivity index (χ0n) is 8.09. The van der Waals surface area contributed by atoms with Crippen molar-refractivity contribution in [2.75, 3.05) is 13.2 Å². The summed E-state index contributed by atoms with van der Waals surface area (Å²) in [5.74, 6) is 0. The SMILES string of the molecule is Cn1nccc1C(O)CC1OCCO1. The van der Waals surface area contributed by atoms with Crippen molar-refractivity contribution in [3.63, 3.8) is 0 Å². The normalized spacial score (nSPS) is 20.1. The van der Waals surface area contributed by atoms with Crippen LogP contribution in [0.3, 0.4) is 0 Å². The molecule has 5 heteroatoms. The highest BCUT2D eigenvalue weighted by molar-refractivity contribution is 5.03. The van der Waals surface area contributed by atoms with Gasteiger partial charge in [-0.25, -0.2) is 0 Å². The van der Waals surface area contributed by atoms with Gasteiger partial charge in [-0.2, -0.15) is 5.10 Å². The first kappa shape index (κ1) is 9.64. The average Bonchev–Trinajstić information content (AvgIpc) is 2.75. The molecule has 1 fully saturated rings.